The summed E-state index contributed by atoms with van der Waals surface area (Å²) in [6, 6.07) is 21.0. The van der Waals surface area contributed by atoms with Crippen LogP contribution in [0.4, 0.5) is 0 Å². The average Bonchev–Trinajstić information content (AvgIpc) is 3.50. The molecule has 1 fully saturated rings. The molecule has 162 valence electrons. The van der Waals surface area contributed by atoms with E-state index in [0.717, 1.165) is 29.9 Å². The number of pyridine rings is 1. The van der Waals surface area contributed by atoms with Crippen molar-refractivity contribution in [2.75, 3.05) is 13.7 Å². The number of rotatable bonds is 6. The monoisotopic (exact) mass is 428 g/mol. The normalized spacial score (nSPS) is 15.8. The van der Waals surface area contributed by atoms with Crippen LogP contribution in [0.3, 0.4) is 0 Å². The van der Waals surface area contributed by atoms with Crippen molar-refractivity contribution >= 4 is 11.6 Å². The van der Waals surface area contributed by atoms with Gasteiger partial charge in [-0.05, 0) is 48.7 Å². The molecule has 1 unspecified atom stereocenters. The molecule has 0 aliphatic carbocycles. The third-order valence-corrected chi connectivity index (χ3v) is 5.80. The molecule has 0 spiro atoms. The Bertz CT molecular complexity index is 1240. The van der Waals surface area contributed by atoms with Crippen LogP contribution in [0, 0.1) is 0 Å². The maximum atomic E-state index is 13.4. The fraction of sp³-hybridized carbons (Fsp3) is 0.240. The lowest BCUT2D eigenvalue weighted by Crippen LogP contribution is -2.31. The molecule has 32 heavy (non-hydrogen) atoms. The van der Waals surface area contributed by atoms with Gasteiger partial charge in [0.15, 0.2) is 23.0 Å². The van der Waals surface area contributed by atoms with Crippen LogP contribution < -0.4 is 9.47 Å². The van der Waals surface area contributed by atoms with Gasteiger partial charge in [0.1, 0.15) is 6.61 Å². The van der Waals surface area contributed by atoms with Crippen molar-refractivity contribution in [3.05, 3.63) is 89.9 Å². The molecule has 7 heteroatoms. The summed E-state index contributed by atoms with van der Waals surface area (Å²) in [5, 5.41) is 8.63. The summed E-state index contributed by atoms with van der Waals surface area (Å²) >= 11 is 0. The van der Waals surface area contributed by atoms with E-state index < -0.39 is 0 Å². The summed E-state index contributed by atoms with van der Waals surface area (Å²) in [5.41, 5.74) is 2.41. The zero-order chi connectivity index (χ0) is 21.9. The molecule has 5 rings (SSSR count). The van der Waals surface area contributed by atoms with E-state index >= 15 is 0 Å². The maximum absolute atomic E-state index is 13.4. The molecule has 0 bridgehead atoms. The van der Waals surface area contributed by atoms with Crippen molar-refractivity contribution in [2.24, 2.45) is 0 Å². The Balaban J connectivity index is 1.37. The van der Waals surface area contributed by atoms with Crippen molar-refractivity contribution < 1.29 is 14.3 Å². The zero-order valence-corrected chi connectivity index (χ0v) is 17.8. The first-order chi connectivity index (χ1) is 15.7. The van der Waals surface area contributed by atoms with E-state index in [1.165, 1.54) is 0 Å². The topological polar surface area (TPSA) is 69.0 Å². The summed E-state index contributed by atoms with van der Waals surface area (Å²) in [5.74, 6) is 1.89. The van der Waals surface area contributed by atoms with E-state index in [2.05, 4.69) is 10.2 Å². The third-order valence-electron chi connectivity index (χ3n) is 5.80. The van der Waals surface area contributed by atoms with Crippen LogP contribution >= 0.6 is 0 Å². The minimum absolute atomic E-state index is 0.0481. The van der Waals surface area contributed by atoms with Gasteiger partial charge in [0.05, 0.1) is 13.2 Å². The molecular formula is C25H24N4O3. The van der Waals surface area contributed by atoms with Gasteiger partial charge in [-0.3, -0.25) is 9.20 Å². The largest absolute Gasteiger partial charge is 0.493 e. The van der Waals surface area contributed by atoms with Crippen molar-refractivity contribution in [3.8, 4) is 11.5 Å². The number of fused-ring (bicyclic) bond motifs is 1. The van der Waals surface area contributed by atoms with Crippen molar-refractivity contribution in [1.82, 2.24) is 19.5 Å². The van der Waals surface area contributed by atoms with Crippen LogP contribution in [-0.4, -0.2) is 39.1 Å². The number of methoxy groups -OCH3 is 1. The van der Waals surface area contributed by atoms with Gasteiger partial charge in [0.2, 0.25) is 0 Å². The van der Waals surface area contributed by atoms with Crippen LogP contribution in [0.5, 0.6) is 11.5 Å². The highest BCUT2D eigenvalue weighted by Gasteiger charge is 2.34. The average molecular weight is 428 g/mol. The van der Waals surface area contributed by atoms with Crippen molar-refractivity contribution in [2.45, 2.75) is 25.5 Å². The van der Waals surface area contributed by atoms with Gasteiger partial charge in [0.25, 0.3) is 5.91 Å². The zero-order valence-electron chi connectivity index (χ0n) is 17.8. The maximum Gasteiger partial charge on any atom is 0.254 e. The number of ether oxygens (including phenoxy) is 2. The molecule has 1 amide bonds. The Morgan fingerprint density at radius 3 is 2.72 bits per heavy atom. The standard InChI is InChI=1S/C25H24N4O3/c1-31-22-16-19(12-13-21(22)32-17-18-8-3-2-4-9-18)25(30)28-15-7-10-20(28)24-27-26-23-11-5-6-14-29(23)24/h2-6,8-9,11-14,16,20H,7,10,15,17H2,1H3. The molecule has 1 aliphatic heterocycles. The number of aromatic nitrogens is 3. The molecule has 0 radical (unpaired) electrons. The molecule has 0 saturated carbocycles. The minimum atomic E-state index is -0.111. The summed E-state index contributed by atoms with van der Waals surface area (Å²) in [6.45, 7) is 1.11. The Morgan fingerprint density at radius 2 is 1.88 bits per heavy atom. The fourth-order valence-electron chi connectivity index (χ4n) is 4.19. The fourth-order valence-corrected chi connectivity index (χ4v) is 4.19. The molecule has 3 heterocycles. The predicted octanol–water partition coefficient (Wildman–Crippen LogP) is 4.29. The highest BCUT2D eigenvalue weighted by Crippen LogP contribution is 2.34. The van der Waals surface area contributed by atoms with Gasteiger partial charge < -0.3 is 14.4 Å². The van der Waals surface area contributed by atoms with E-state index in [-0.39, 0.29) is 11.9 Å². The van der Waals surface area contributed by atoms with Gasteiger partial charge in [-0.2, -0.15) is 0 Å². The Morgan fingerprint density at radius 1 is 1.03 bits per heavy atom. The molecular weight excluding hydrogens is 404 g/mol. The highest BCUT2D eigenvalue weighted by molar-refractivity contribution is 5.95. The summed E-state index contributed by atoms with van der Waals surface area (Å²) < 4.78 is 13.4. The quantitative estimate of drug-likeness (QED) is 0.458. The Labute approximate surface area is 186 Å². The van der Waals surface area contributed by atoms with E-state index in [1.807, 2.05) is 64.0 Å². The van der Waals surface area contributed by atoms with Crippen molar-refractivity contribution in [3.63, 3.8) is 0 Å². The van der Waals surface area contributed by atoms with Crippen LogP contribution in [0.1, 0.15) is 40.6 Å². The Hall–Kier alpha value is -3.87. The molecule has 1 atom stereocenters. The lowest BCUT2D eigenvalue weighted by atomic mass is 10.1. The second-order valence-electron chi connectivity index (χ2n) is 7.78. The van der Waals surface area contributed by atoms with Gasteiger partial charge in [-0.25, -0.2) is 0 Å². The smallest absolute Gasteiger partial charge is 0.254 e. The summed E-state index contributed by atoms with van der Waals surface area (Å²) in [6.07, 6.45) is 3.72. The third kappa shape index (κ3) is 3.77. The number of likely N-dealkylation sites (tertiary alicyclic amines) is 1. The number of carbonyl (C=O) groups is 1. The lowest BCUT2D eigenvalue weighted by molar-refractivity contribution is 0.0728. The minimum Gasteiger partial charge on any atom is -0.493 e. The number of carbonyl (C=O) groups excluding carboxylic acids is 1. The first-order valence-corrected chi connectivity index (χ1v) is 10.7. The molecule has 4 aromatic rings. The van der Waals surface area contributed by atoms with Crippen LogP contribution in [0.25, 0.3) is 5.65 Å². The summed E-state index contributed by atoms with van der Waals surface area (Å²) in [7, 11) is 1.58. The van der Waals surface area contributed by atoms with Gasteiger partial charge in [-0.15, -0.1) is 10.2 Å². The lowest BCUT2D eigenvalue weighted by Gasteiger charge is -2.24. The van der Waals surface area contributed by atoms with Gasteiger partial charge >= 0.3 is 0 Å². The molecule has 0 N–H and O–H groups in total. The molecule has 7 nitrogen and oxygen atoms in total. The Kier molecular flexibility index (Phi) is 5.46. The van der Waals surface area contributed by atoms with Crippen LogP contribution in [0.15, 0.2) is 72.9 Å². The number of hydrogen-bond acceptors (Lipinski definition) is 5. The van der Waals surface area contributed by atoms with Gasteiger partial charge in [0, 0.05) is 18.3 Å². The molecule has 2 aromatic carbocycles. The van der Waals surface area contributed by atoms with Crippen LogP contribution in [0.2, 0.25) is 0 Å². The highest BCUT2D eigenvalue weighted by atomic mass is 16.5. The van der Waals surface area contributed by atoms with E-state index in [4.69, 9.17) is 9.47 Å². The SMILES string of the molecule is COc1cc(C(=O)N2CCCC2c2nnc3ccccn23)ccc1OCc1ccccc1. The summed E-state index contributed by atoms with van der Waals surface area (Å²) in [4.78, 5) is 15.3. The van der Waals surface area contributed by atoms with E-state index in [1.54, 1.807) is 25.3 Å². The first-order valence-electron chi connectivity index (χ1n) is 10.7. The second kappa shape index (κ2) is 8.70. The van der Waals surface area contributed by atoms with E-state index in [0.29, 0.717) is 30.2 Å². The predicted molar refractivity (Wildman–Crippen MR) is 120 cm³/mol. The molecule has 1 aliphatic rings. The second-order valence-corrected chi connectivity index (χ2v) is 7.78. The number of hydrogen-bond donors (Lipinski definition) is 0. The molecule has 1 saturated heterocycles. The molecule has 2 aromatic heterocycles. The van der Waals surface area contributed by atoms with Gasteiger partial charge in [-0.1, -0.05) is 36.4 Å². The number of benzene rings is 2. The van der Waals surface area contributed by atoms with Crippen LogP contribution in [-0.2, 0) is 6.61 Å². The number of nitrogens with zero attached hydrogens (tertiary/aromatic N) is 4. The first kappa shape index (κ1) is 20.1. The van der Waals surface area contributed by atoms with Crippen molar-refractivity contribution in [1.29, 1.82) is 0 Å². The van der Waals surface area contributed by atoms with E-state index in [9.17, 15) is 4.79 Å². The number of amides is 1.